The number of hydrogen-bond acceptors (Lipinski definition) is 8. The number of esters is 2. The Morgan fingerprint density at radius 1 is 0.421 bits per heavy atom. The van der Waals surface area contributed by atoms with Crippen molar-refractivity contribution in [2.75, 3.05) is 47.5 Å². The van der Waals surface area contributed by atoms with Gasteiger partial charge < -0.3 is 27.9 Å². The van der Waals surface area contributed by atoms with Crippen molar-refractivity contribution in [1.82, 2.24) is 0 Å². The van der Waals surface area contributed by atoms with Crippen molar-refractivity contribution in [3.05, 3.63) is 48.6 Å². The smallest absolute Gasteiger partial charge is 0.306 e. The highest BCUT2D eigenvalue weighted by atomic mass is 31.2. The van der Waals surface area contributed by atoms with Crippen LogP contribution in [0.1, 0.15) is 309 Å². The van der Waals surface area contributed by atoms with E-state index in [1.807, 2.05) is 21.1 Å². The molecular weight excluding hydrogens is 966 g/mol. The fourth-order valence-corrected chi connectivity index (χ4v) is 10.1. The van der Waals surface area contributed by atoms with Gasteiger partial charge in [-0.25, -0.2) is 0 Å². The summed E-state index contributed by atoms with van der Waals surface area (Å²) in [5.74, 6) is -0.820. The normalized spacial score (nSPS) is 13.5. The molecule has 0 bridgehead atoms. The van der Waals surface area contributed by atoms with E-state index >= 15 is 0 Å². The van der Waals surface area contributed by atoms with Gasteiger partial charge in [-0.1, -0.05) is 294 Å². The Kier molecular flexibility index (Phi) is 56.1. The summed E-state index contributed by atoms with van der Waals surface area (Å²) in [6, 6.07) is 0. The standard InChI is InChI=1S/C66H124NO8P/c1-6-8-10-12-14-16-18-20-22-24-26-28-30-32-33-35-36-38-40-42-44-46-48-50-52-54-56-58-65(68)72-62-64(63-74-76(70,71)73-61-60-67(3,4)5)75-66(69)59-57-55-53-51-49-47-45-43-41-39-37-34-31-29-27-25-23-21-19-17-15-13-11-9-7-2/h9,11,15,17,21,23,27,29,64H,6-8,10,12-14,16,18-20,22,24-26,28,30-63H2,1-5H3/b11-9-,17-15-,23-21-,29-27-. The molecule has 0 aromatic rings. The number of carbonyl (C=O) groups is 2. The Bertz CT molecular complexity index is 1420. The molecule has 0 saturated carbocycles. The minimum Gasteiger partial charge on any atom is -0.756 e. The molecule has 0 N–H and O–H groups in total. The Hall–Kier alpha value is -2.03. The summed E-state index contributed by atoms with van der Waals surface area (Å²) in [6.45, 7) is 4.18. The van der Waals surface area contributed by atoms with Crippen molar-refractivity contribution >= 4 is 19.8 Å². The first kappa shape index (κ1) is 74.0. The first-order valence-corrected chi connectivity index (χ1v) is 33.8. The van der Waals surface area contributed by atoms with Gasteiger partial charge in [0.25, 0.3) is 7.82 Å². The summed E-state index contributed by atoms with van der Waals surface area (Å²) in [7, 11) is 1.18. The van der Waals surface area contributed by atoms with Crippen molar-refractivity contribution in [3.8, 4) is 0 Å². The molecule has 10 heteroatoms. The number of carbonyl (C=O) groups excluding carboxylic acids is 2. The van der Waals surface area contributed by atoms with Crippen molar-refractivity contribution in [2.45, 2.75) is 315 Å². The molecule has 9 nitrogen and oxygen atoms in total. The van der Waals surface area contributed by atoms with Gasteiger partial charge in [0.1, 0.15) is 19.8 Å². The maximum absolute atomic E-state index is 12.8. The van der Waals surface area contributed by atoms with Gasteiger partial charge in [0, 0.05) is 12.8 Å². The molecule has 446 valence electrons. The van der Waals surface area contributed by atoms with E-state index in [-0.39, 0.29) is 32.0 Å². The summed E-state index contributed by atoms with van der Waals surface area (Å²) in [6.07, 6.45) is 73.2. The summed E-state index contributed by atoms with van der Waals surface area (Å²) >= 11 is 0. The number of hydrogen-bond donors (Lipinski definition) is 0. The lowest BCUT2D eigenvalue weighted by molar-refractivity contribution is -0.870. The van der Waals surface area contributed by atoms with E-state index < -0.39 is 26.5 Å². The number of ether oxygens (including phenoxy) is 2. The van der Waals surface area contributed by atoms with Crippen LogP contribution in [-0.2, 0) is 32.7 Å². The Morgan fingerprint density at radius 3 is 1.12 bits per heavy atom. The van der Waals surface area contributed by atoms with Crippen LogP contribution in [0.2, 0.25) is 0 Å². The summed E-state index contributed by atoms with van der Waals surface area (Å²) in [5, 5.41) is 0. The molecule has 2 atom stereocenters. The monoisotopic (exact) mass is 1090 g/mol. The average Bonchev–Trinajstić information content (AvgIpc) is 3.38. The predicted molar refractivity (Wildman–Crippen MR) is 324 cm³/mol. The summed E-state index contributed by atoms with van der Waals surface area (Å²) < 4.78 is 34.3. The largest absolute Gasteiger partial charge is 0.756 e. The molecule has 0 heterocycles. The number of phosphoric acid groups is 1. The van der Waals surface area contributed by atoms with Gasteiger partial charge in [0.05, 0.1) is 27.7 Å². The van der Waals surface area contributed by atoms with E-state index in [1.54, 1.807) is 0 Å². The minimum atomic E-state index is -4.64. The molecule has 0 radical (unpaired) electrons. The van der Waals surface area contributed by atoms with Crippen molar-refractivity contribution in [2.24, 2.45) is 0 Å². The third-order valence-electron chi connectivity index (χ3n) is 14.4. The second kappa shape index (κ2) is 57.6. The lowest BCUT2D eigenvalue weighted by atomic mass is 10.0. The van der Waals surface area contributed by atoms with Crippen LogP contribution in [0.25, 0.3) is 0 Å². The molecular formula is C66H124NO8P. The molecule has 0 rings (SSSR count). The van der Waals surface area contributed by atoms with Crippen LogP contribution in [0.15, 0.2) is 48.6 Å². The van der Waals surface area contributed by atoms with E-state index in [2.05, 4.69) is 62.5 Å². The van der Waals surface area contributed by atoms with Gasteiger partial charge in [-0.2, -0.15) is 0 Å². The first-order valence-electron chi connectivity index (χ1n) is 32.3. The van der Waals surface area contributed by atoms with Crippen molar-refractivity contribution < 1.29 is 42.1 Å². The maximum Gasteiger partial charge on any atom is 0.306 e. The number of likely N-dealkylation sites (N-methyl/N-ethyl adjacent to an activating group) is 1. The molecule has 0 aromatic carbocycles. The molecule has 0 saturated heterocycles. The lowest BCUT2D eigenvalue weighted by Gasteiger charge is -2.28. The maximum atomic E-state index is 12.8. The molecule has 0 amide bonds. The fourth-order valence-electron chi connectivity index (χ4n) is 9.42. The predicted octanol–water partition coefficient (Wildman–Crippen LogP) is 19.9. The van der Waals surface area contributed by atoms with E-state index in [4.69, 9.17) is 18.5 Å². The van der Waals surface area contributed by atoms with Gasteiger partial charge in [0.15, 0.2) is 6.10 Å². The summed E-state index contributed by atoms with van der Waals surface area (Å²) in [4.78, 5) is 38.0. The van der Waals surface area contributed by atoms with Crippen molar-refractivity contribution in [1.29, 1.82) is 0 Å². The van der Waals surface area contributed by atoms with Crippen LogP contribution in [0.3, 0.4) is 0 Å². The Labute approximate surface area is 471 Å². The molecule has 0 aromatic heterocycles. The SMILES string of the molecule is CC/C=C\C/C=C\C/C=C\C/C=C\CCCCCCCCCCCCCCC(=O)OC(COC(=O)CCCCCCCCCCCCCCCCCCCCCCCCCCCCC)COP(=O)([O-])OCC[N+](C)(C)C. The molecule has 76 heavy (non-hydrogen) atoms. The second-order valence-corrected chi connectivity index (χ2v) is 24.5. The van der Waals surface area contributed by atoms with Crippen LogP contribution in [-0.4, -0.2) is 70.0 Å². The number of phosphoric ester groups is 1. The number of rotatable bonds is 60. The zero-order valence-corrected chi connectivity index (χ0v) is 51.6. The third-order valence-corrected chi connectivity index (χ3v) is 15.3. The van der Waals surface area contributed by atoms with Crippen LogP contribution in [0.5, 0.6) is 0 Å². The molecule has 0 aliphatic rings. The highest BCUT2D eigenvalue weighted by Crippen LogP contribution is 2.38. The van der Waals surface area contributed by atoms with E-state index in [1.165, 1.54) is 212 Å². The van der Waals surface area contributed by atoms with Gasteiger partial charge >= 0.3 is 11.9 Å². The zero-order valence-electron chi connectivity index (χ0n) is 50.7. The highest BCUT2D eigenvalue weighted by molar-refractivity contribution is 7.45. The topological polar surface area (TPSA) is 111 Å². The zero-order chi connectivity index (χ0) is 55.6. The van der Waals surface area contributed by atoms with Gasteiger partial charge in [0.2, 0.25) is 0 Å². The number of nitrogens with zero attached hydrogens (tertiary/aromatic N) is 1. The van der Waals surface area contributed by atoms with E-state index in [0.717, 1.165) is 64.2 Å². The van der Waals surface area contributed by atoms with Gasteiger partial charge in [-0.05, 0) is 51.4 Å². The van der Waals surface area contributed by atoms with Crippen LogP contribution < -0.4 is 4.89 Å². The number of allylic oxidation sites excluding steroid dienone is 8. The highest BCUT2D eigenvalue weighted by Gasteiger charge is 2.22. The fraction of sp³-hybridized carbons (Fsp3) is 0.848. The van der Waals surface area contributed by atoms with Gasteiger partial charge in [-0.15, -0.1) is 0 Å². The molecule has 0 aliphatic carbocycles. The second-order valence-electron chi connectivity index (χ2n) is 23.1. The lowest BCUT2D eigenvalue weighted by Crippen LogP contribution is -2.37. The Balaban J connectivity index is 4.06. The number of unbranched alkanes of at least 4 members (excludes halogenated alkanes) is 38. The van der Waals surface area contributed by atoms with Crippen LogP contribution in [0, 0.1) is 0 Å². The van der Waals surface area contributed by atoms with Crippen molar-refractivity contribution in [3.63, 3.8) is 0 Å². The van der Waals surface area contributed by atoms with E-state index in [9.17, 15) is 19.0 Å². The Morgan fingerprint density at radius 2 is 0.750 bits per heavy atom. The molecule has 0 fully saturated rings. The quantitative estimate of drug-likeness (QED) is 0.0195. The molecule has 2 unspecified atom stereocenters. The van der Waals surface area contributed by atoms with E-state index in [0.29, 0.717) is 17.4 Å². The minimum absolute atomic E-state index is 0.0302. The summed E-state index contributed by atoms with van der Waals surface area (Å²) in [5.41, 5.74) is 0. The van der Waals surface area contributed by atoms with Gasteiger partial charge in [-0.3, -0.25) is 14.2 Å². The first-order chi connectivity index (χ1) is 37.0. The van der Waals surface area contributed by atoms with Crippen LogP contribution >= 0.6 is 7.82 Å². The third kappa shape index (κ3) is 61.2. The average molecular weight is 1090 g/mol. The van der Waals surface area contributed by atoms with Crippen LogP contribution in [0.4, 0.5) is 0 Å². The molecule has 0 aliphatic heterocycles. The molecule has 0 spiro atoms. The number of quaternary nitrogens is 1.